The molecule has 156 valence electrons. The number of nitrogens with zero attached hydrogens (tertiary/aromatic N) is 1. The van der Waals surface area contributed by atoms with E-state index < -0.39 is 10.0 Å². The summed E-state index contributed by atoms with van der Waals surface area (Å²) in [6.45, 7) is 8.36. The molecule has 7 heteroatoms. The lowest BCUT2D eigenvalue weighted by Gasteiger charge is -2.31. The number of rotatable bonds is 4. The van der Waals surface area contributed by atoms with Crippen LogP contribution in [0.3, 0.4) is 0 Å². The minimum absolute atomic E-state index is 0.137. The lowest BCUT2D eigenvalue weighted by atomic mass is 9.98. The molecule has 0 radical (unpaired) electrons. The molecule has 1 fully saturated rings. The van der Waals surface area contributed by atoms with Gasteiger partial charge in [0, 0.05) is 23.8 Å². The Morgan fingerprint density at radius 3 is 2.34 bits per heavy atom. The van der Waals surface area contributed by atoms with Crippen molar-refractivity contribution in [3.63, 3.8) is 0 Å². The molecule has 1 N–H and O–H groups in total. The molecule has 0 saturated carbocycles. The maximum atomic E-state index is 13.1. The largest absolute Gasteiger partial charge is 0.325 e. The Morgan fingerprint density at radius 1 is 1.07 bits per heavy atom. The van der Waals surface area contributed by atoms with Gasteiger partial charge in [0.1, 0.15) is 0 Å². The number of nitrogens with one attached hydrogen (secondary N) is 1. The van der Waals surface area contributed by atoms with Gasteiger partial charge in [-0.15, -0.1) is 0 Å². The number of carbonyl (C=O) groups is 1. The van der Waals surface area contributed by atoms with Gasteiger partial charge in [0.05, 0.1) is 10.8 Å². The van der Waals surface area contributed by atoms with Crippen LogP contribution in [0.5, 0.6) is 0 Å². The number of amides is 1. The molecule has 1 aliphatic heterocycles. The first-order chi connectivity index (χ1) is 13.6. The third-order valence-corrected chi connectivity index (χ3v) is 7.73. The quantitative estimate of drug-likeness (QED) is 0.763. The first-order valence-electron chi connectivity index (χ1n) is 9.74. The second-order valence-corrected chi connectivity index (χ2v) is 10.2. The summed E-state index contributed by atoms with van der Waals surface area (Å²) in [5, 5.41) is 3.44. The van der Waals surface area contributed by atoms with Gasteiger partial charge in [-0.3, -0.25) is 4.79 Å². The lowest BCUT2D eigenvalue weighted by Crippen LogP contribution is -2.43. The average Bonchev–Trinajstić information content (AvgIpc) is 2.66. The molecule has 5 nitrogen and oxygen atoms in total. The number of aryl methyl sites for hydroxylation is 4. The molecule has 2 aromatic carbocycles. The summed E-state index contributed by atoms with van der Waals surface area (Å²) in [5.74, 6) is -0.526. The second kappa shape index (κ2) is 8.46. The van der Waals surface area contributed by atoms with Gasteiger partial charge < -0.3 is 5.32 Å². The van der Waals surface area contributed by atoms with E-state index in [1.165, 1.54) is 10.4 Å². The van der Waals surface area contributed by atoms with Crippen molar-refractivity contribution < 1.29 is 13.2 Å². The van der Waals surface area contributed by atoms with Gasteiger partial charge in [0.2, 0.25) is 15.9 Å². The lowest BCUT2D eigenvalue weighted by molar-refractivity contribution is -0.120. The highest BCUT2D eigenvalue weighted by molar-refractivity contribution is 7.89. The molecule has 1 saturated heterocycles. The van der Waals surface area contributed by atoms with Crippen molar-refractivity contribution >= 4 is 33.2 Å². The van der Waals surface area contributed by atoms with Crippen molar-refractivity contribution in [1.82, 2.24) is 4.31 Å². The van der Waals surface area contributed by atoms with Crippen molar-refractivity contribution in [1.29, 1.82) is 0 Å². The minimum atomic E-state index is -3.69. The third-order valence-electron chi connectivity index (χ3n) is 5.46. The fourth-order valence-corrected chi connectivity index (χ4v) is 5.66. The van der Waals surface area contributed by atoms with Crippen LogP contribution in [-0.2, 0) is 14.8 Å². The number of carbonyl (C=O) groups excluding carboxylic acids is 1. The third kappa shape index (κ3) is 4.65. The Bertz CT molecular complexity index is 1030. The monoisotopic (exact) mass is 434 g/mol. The fraction of sp³-hybridized carbons (Fsp3) is 0.409. The van der Waals surface area contributed by atoms with Gasteiger partial charge in [-0.05, 0) is 69.4 Å². The first-order valence-corrected chi connectivity index (χ1v) is 11.6. The standard InChI is InChI=1S/C22H27ClN2O3S/c1-14-10-16(3)21(17(4)11-14)24-22(26)18-6-5-9-25(13-18)29(27,28)19-8-7-15(2)20(23)12-19/h7-8,10-12,18H,5-6,9,13H2,1-4H3,(H,24,26)/t18-/m0/s1. The number of sulfonamides is 1. The molecule has 3 rings (SSSR count). The van der Waals surface area contributed by atoms with Crippen LogP contribution in [0.15, 0.2) is 35.2 Å². The van der Waals surface area contributed by atoms with Gasteiger partial charge in [0.15, 0.2) is 0 Å². The number of hydrogen-bond acceptors (Lipinski definition) is 3. The van der Waals surface area contributed by atoms with Crippen molar-refractivity contribution in [2.75, 3.05) is 18.4 Å². The van der Waals surface area contributed by atoms with Crippen LogP contribution in [0.25, 0.3) is 0 Å². The molecule has 29 heavy (non-hydrogen) atoms. The Hall–Kier alpha value is -1.89. The highest BCUT2D eigenvalue weighted by Crippen LogP contribution is 2.28. The first kappa shape index (κ1) is 21.8. The average molecular weight is 435 g/mol. The van der Waals surface area contributed by atoms with E-state index in [1.54, 1.807) is 12.1 Å². The Labute approximate surface area is 178 Å². The van der Waals surface area contributed by atoms with E-state index >= 15 is 0 Å². The predicted molar refractivity (Wildman–Crippen MR) is 117 cm³/mol. The van der Waals surface area contributed by atoms with E-state index in [-0.39, 0.29) is 23.3 Å². The number of hydrogen-bond donors (Lipinski definition) is 1. The van der Waals surface area contributed by atoms with E-state index in [0.29, 0.717) is 24.4 Å². The molecular weight excluding hydrogens is 408 g/mol. The normalized spacial score (nSPS) is 17.9. The summed E-state index contributed by atoms with van der Waals surface area (Å²) in [7, 11) is -3.69. The van der Waals surface area contributed by atoms with Gasteiger partial charge in [-0.2, -0.15) is 4.31 Å². The summed E-state index contributed by atoms with van der Waals surface area (Å²) in [6, 6.07) is 8.81. The molecule has 0 aromatic heterocycles. The maximum absolute atomic E-state index is 13.1. The van der Waals surface area contributed by atoms with Gasteiger partial charge in [-0.1, -0.05) is 35.4 Å². The maximum Gasteiger partial charge on any atom is 0.243 e. The molecular formula is C22H27ClN2O3S. The van der Waals surface area contributed by atoms with Crippen LogP contribution >= 0.6 is 11.6 Å². The number of halogens is 1. The summed E-state index contributed by atoms with van der Waals surface area (Å²) in [4.78, 5) is 13.1. The second-order valence-electron chi connectivity index (χ2n) is 7.88. The summed E-state index contributed by atoms with van der Waals surface area (Å²) >= 11 is 6.12. The van der Waals surface area contributed by atoms with E-state index in [9.17, 15) is 13.2 Å². The predicted octanol–water partition coefficient (Wildman–Crippen LogP) is 4.61. The summed E-state index contributed by atoms with van der Waals surface area (Å²) in [6.07, 6.45) is 1.30. The smallest absolute Gasteiger partial charge is 0.243 e. The molecule has 1 amide bonds. The minimum Gasteiger partial charge on any atom is -0.325 e. The summed E-state index contributed by atoms with van der Waals surface area (Å²) in [5.41, 5.74) is 4.79. The molecule has 0 spiro atoms. The van der Waals surface area contributed by atoms with Crippen molar-refractivity contribution in [3.05, 3.63) is 57.6 Å². The van der Waals surface area contributed by atoms with E-state index in [4.69, 9.17) is 11.6 Å². The molecule has 2 aromatic rings. The molecule has 0 aliphatic carbocycles. The molecule has 1 aliphatic rings. The Balaban J connectivity index is 1.78. The summed E-state index contributed by atoms with van der Waals surface area (Å²) < 4.78 is 27.5. The van der Waals surface area contributed by atoms with Crippen LogP contribution in [0.1, 0.15) is 35.1 Å². The Kier molecular flexibility index (Phi) is 6.36. The van der Waals surface area contributed by atoms with E-state index in [0.717, 1.165) is 27.9 Å². The number of anilines is 1. The van der Waals surface area contributed by atoms with Crippen molar-refractivity contribution in [3.8, 4) is 0 Å². The zero-order valence-electron chi connectivity index (χ0n) is 17.3. The Morgan fingerprint density at radius 2 is 1.72 bits per heavy atom. The van der Waals surface area contributed by atoms with Gasteiger partial charge >= 0.3 is 0 Å². The van der Waals surface area contributed by atoms with E-state index in [2.05, 4.69) is 5.32 Å². The van der Waals surface area contributed by atoms with Crippen LogP contribution in [0.2, 0.25) is 5.02 Å². The highest BCUT2D eigenvalue weighted by Gasteiger charge is 2.33. The zero-order chi connectivity index (χ0) is 21.3. The van der Waals surface area contributed by atoms with Crippen molar-refractivity contribution in [2.24, 2.45) is 5.92 Å². The highest BCUT2D eigenvalue weighted by atomic mass is 35.5. The molecule has 1 heterocycles. The fourth-order valence-electron chi connectivity index (χ4n) is 3.86. The van der Waals surface area contributed by atoms with E-state index in [1.807, 2.05) is 39.8 Å². The van der Waals surface area contributed by atoms with Crippen LogP contribution in [0, 0.1) is 33.6 Å². The zero-order valence-corrected chi connectivity index (χ0v) is 18.8. The number of benzene rings is 2. The van der Waals surface area contributed by atoms with Gasteiger partial charge in [0.25, 0.3) is 0 Å². The molecule has 0 bridgehead atoms. The molecule has 0 unspecified atom stereocenters. The topological polar surface area (TPSA) is 66.5 Å². The van der Waals surface area contributed by atoms with Crippen LogP contribution < -0.4 is 5.32 Å². The molecule has 1 atom stereocenters. The van der Waals surface area contributed by atoms with Crippen LogP contribution in [-0.4, -0.2) is 31.7 Å². The van der Waals surface area contributed by atoms with Crippen LogP contribution in [0.4, 0.5) is 5.69 Å². The van der Waals surface area contributed by atoms with Gasteiger partial charge in [-0.25, -0.2) is 8.42 Å². The SMILES string of the molecule is Cc1cc(C)c(NC(=O)[C@H]2CCCN(S(=O)(=O)c3ccc(C)c(Cl)c3)C2)c(C)c1. The number of piperidine rings is 1. The van der Waals surface area contributed by atoms with Crippen molar-refractivity contribution in [2.45, 2.75) is 45.4 Å².